The van der Waals surface area contributed by atoms with Gasteiger partial charge in [-0.05, 0) is 88.5 Å². The van der Waals surface area contributed by atoms with Crippen LogP contribution in [0.15, 0.2) is 0 Å². The first-order valence-electron chi connectivity index (χ1n) is 18.1. The lowest BCUT2D eigenvalue weighted by Gasteiger charge is -2.32. The van der Waals surface area contributed by atoms with E-state index in [-0.39, 0.29) is 38.3 Å². The minimum Gasteiger partial charge on any atom is -0.480 e. The highest BCUT2D eigenvalue weighted by Crippen LogP contribution is 2.24. The molecule has 0 aromatic heterocycles. The average Bonchev–Trinajstić information content (AvgIpc) is 3.04. The number of carboxylic acids is 2. The summed E-state index contributed by atoms with van der Waals surface area (Å²) in [5, 5.41) is 33.8. The summed E-state index contributed by atoms with van der Waals surface area (Å²) >= 11 is 0. The van der Waals surface area contributed by atoms with Crippen molar-refractivity contribution >= 4 is 41.5 Å². The maximum atomic E-state index is 12.8. The van der Waals surface area contributed by atoms with E-state index in [1.807, 2.05) is 13.8 Å². The van der Waals surface area contributed by atoms with Gasteiger partial charge in [-0.2, -0.15) is 0 Å². The van der Waals surface area contributed by atoms with Crippen molar-refractivity contribution in [2.24, 2.45) is 10.8 Å². The molecule has 0 heterocycles. The van der Waals surface area contributed by atoms with Gasteiger partial charge in [0.2, 0.25) is 17.7 Å². The van der Waals surface area contributed by atoms with E-state index in [2.05, 4.69) is 43.7 Å². The predicted molar refractivity (Wildman–Crippen MR) is 201 cm³/mol. The van der Waals surface area contributed by atoms with Gasteiger partial charge in [-0.15, -0.1) is 0 Å². The summed E-state index contributed by atoms with van der Waals surface area (Å²) < 4.78 is 12.0. The normalized spacial score (nSPS) is 14.2. The third kappa shape index (κ3) is 20.8. The molecule has 308 valence electrons. The van der Waals surface area contributed by atoms with Crippen LogP contribution in [0.3, 0.4) is 0 Å². The first kappa shape index (κ1) is 49.7. The fraction of sp³-hybridized carbons (Fsp3) is 0.757. The predicted octanol–water partition coefficient (Wildman–Crippen LogP) is 0.697. The summed E-state index contributed by atoms with van der Waals surface area (Å²) in [5.74, 6) is -0.210. The molecule has 17 nitrogen and oxygen atoms in total. The van der Waals surface area contributed by atoms with Crippen LogP contribution in [0.25, 0.3) is 0 Å². The SMILES string of the molecule is CC(CNC(C)C(=O)O)NC(=O)C(C)(C)CCOC(C)(C)CCNC(=O)C#CC(=O)NCCC(C)(C)OCC(C)(C)C(=O)NC(C)C(=O)NC(C)C(=O)O. The monoisotopic (exact) mass is 768 g/mol. The van der Waals surface area contributed by atoms with Crippen LogP contribution in [0.2, 0.25) is 0 Å². The number of carboxylic acid groups (broad SMARTS) is 2. The summed E-state index contributed by atoms with van der Waals surface area (Å²) in [6, 6.07) is -3.07. The Kier molecular flexibility index (Phi) is 20.4. The average molecular weight is 769 g/mol. The highest BCUT2D eigenvalue weighted by atomic mass is 16.5. The molecule has 0 aliphatic carbocycles. The number of aliphatic carboxylic acids is 2. The van der Waals surface area contributed by atoms with Gasteiger partial charge in [0, 0.05) is 49.5 Å². The molecule has 0 aliphatic heterocycles. The van der Waals surface area contributed by atoms with Crippen LogP contribution in [0.1, 0.15) is 102 Å². The Labute approximate surface area is 319 Å². The number of amides is 5. The van der Waals surface area contributed by atoms with Gasteiger partial charge in [-0.1, -0.05) is 13.8 Å². The molecule has 8 N–H and O–H groups in total. The Morgan fingerprint density at radius 2 is 1.06 bits per heavy atom. The molecular weight excluding hydrogens is 704 g/mol. The van der Waals surface area contributed by atoms with Gasteiger partial charge in [0.1, 0.15) is 18.1 Å². The van der Waals surface area contributed by atoms with E-state index in [1.165, 1.54) is 20.8 Å². The molecular formula is C37H64N6O11. The Morgan fingerprint density at radius 3 is 1.54 bits per heavy atom. The quantitative estimate of drug-likeness (QED) is 0.0632. The fourth-order valence-electron chi connectivity index (χ4n) is 4.21. The molecule has 17 heteroatoms. The summed E-state index contributed by atoms with van der Waals surface area (Å²) in [6.45, 7) is 21.3. The van der Waals surface area contributed by atoms with Crippen molar-refractivity contribution in [3.05, 3.63) is 0 Å². The second kappa shape index (κ2) is 22.2. The molecule has 0 rings (SSSR count). The van der Waals surface area contributed by atoms with Crippen molar-refractivity contribution in [3.8, 4) is 11.8 Å². The molecule has 4 unspecified atom stereocenters. The van der Waals surface area contributed by atoms with Crippen LogP contribution >= 0.6 is 0 Å². The first-order valence-corrected chi connectivity index (χ1v) is 18.1. The third-order valence-electron chi connectivity index (χ3n) is 8.54. The molecule has 5 amide bonds. The molecule has 0 radical (unpaired) electrons. The van der Waals surface area contributed by atoms with Crippen molar-refractivity contribution in [3.63, 3.8) is 0 Å². The smallest absolute Gasteiger partial charge is 0.325 e. The van der Waals surface area contributed by atoms with E-state index in [0.717, 1.165) is 0 Å². The summed E-state index contributed by atoms with van der Waals surface area (Å²) in [7, 11) is 0. The van der Waals surface area contributed by atoms with Crippen molar-refractivity contribution in [1.82, 2.24) is 31.9 Å². The van der Waals surface area contributed by atoms with E-state index < -0.39 is 75.7 Å². The summed E-state index contributed by atoms with van der Waals surface area (Å²) in [4.78, 5) is 84.2. The Balaban J connectivity index is 4.59. The number of hydrogen-bond acceptors (Lipinski definition) is 10. The van der Waals surface area contributed by atoms with E-state index in [9.17, 15) is 33.6 Å². The molecule has 0 saturated heterocycles. The lowest BCUT2D eigenvalue weighted by atomic mass is 9.88. The minimum absolute atomic E-state index is 0.00759. The standard InChI is InChI=1S/C37H64N6O11/c1-23(21-40-25(3)30(47)48)41-32(51)34(5,6)17-20-53-36(9,10)15-18-38-27(44)13-14-28(45)39-19-16-37(11,12)54-22-35(7,8)33(52)43-24(2)29(46)42-26(4)31(49)50/h23-26,40H,15-22H2,1-12H3,(H,38,44)(H,39,45)(H,41,51)(H,42,46)(H,43,52)(H,47,48)(H,49,50). The number of rotatable bonds is 24. The van der Waals surface area contributed by atoms with Crippen LogP contribution in [0, 0.1) is 22.7 Å². The molecule has 0 aliphatic rings. The van der Waals surface area contributed by atoms with Crippen molar-refractivity contribution in [2.75, 3.05) is 32.8 Å². The van der Waals surface area contributed by atoms with E-state index >= 15 is 0 Å². The number of carbonyl (C=O) groups is 7. The molecule has 54 heavy (non-hydrogen) atoms. The molecule has 0 spiro atoms. The zero-order valence-corrected chi connectivity index (χ0v) is 34.0. The largest absolute Gasteiger partial charge is 0.480 e. The molecule has 0 bridgehead atoms. The third-order valence-corrected chi connectivity index (χ3v) is 8.54. The zero-order valence-electron chi connectivity index (χ0n) is 34.0. The fourth-order valence-corrected chi connectivity index (χ4v) is 4.21. The van der Waals surface area contributed by atoms with Crippen molar-refractivity contribution < 1.29 is 53.2 Å². The number of nitrogens with one attached hydrogen (secondary N) is 6. The molecule has 0 aromatic rings. The number of ether oxygens (including phenoxy) is 2. The van der Waals surface area contributed by atoms with E-state index in [4.69, 9.17) is 19.7 Å². The van der Waals surface area contributed by atoms with Crippen LogP contribution in [0.4, 0.5) is 0 Å². The van der Waals surface area contributed by atoms with Gasteiger partial charge in [-0.3, -0.25) is 33.6 Å². The Morgan fingerprint density at radius 1 is 0.593 bits per heavy atom. The maximum absolute atomic E-state index is 12.8. The Bertz CT molecular complexity index is 1380. The summed E-state index contributed by atoms with van der Waals surface area (Å²) in [6.07, 6.45) is 1.23. The lowest BCUT2D eigenvalue weighted by Crippen LogP contribution is -2.52. The van der Waals surface area contributed by atoms with E-state index in [1.54, 1.807) is 48.5 Å². The van der Waals surface area contributed by atoms with Gasteiger partial charge >= 0.3 is 11.9 Å². The van der Waals surface area contributed by atoms with Gasteiger partial charge < -0.3 is 51.6 Å². The molecule has 0 aromatic carbocycles. The van der Waals surface area contributed by atoms with Crippen LogP contribution in [-0.2, 0) is 43.0 Å². The highest BCUT2D eigenvalue weighted by molar-refractivity contribution is 6.02. The van der Waals surface area contributed by atoms with Crippen LogP contribution < -0.4 is 31.9 Å². The van der Waals surface area contributed by atoms with Gasteiger partial charge in [0.15, 0.2) is 0 Å². The van der Waals surface area contributed by atoms with Gasteiger partial charge in [-0.25, -0.2) is 0 Å². The number of hydrogen-bond donors (Lipinski definition) is 8. The summed E-state index contributed by atoms with van der Waals surface area (Å²) in [5.41, 5.74) is -3.16. The highest BCUT2D eigenvalue weighted by Gasteiger charge is 2.34. The van der Waals surface area contributed by atoms with E-state index in [0.29, 0.717) is 25.8 Å². The second-order valence-corrected chi connectivity index (χ2v) is 16.0. The topological polar surface area (TPSA) is 251 Å². The van der Waals surface area contributed by atoms with Gasteiger partial charge in [0.05, 0.1) is 23.2 Å². The van der Waals surface area contributed by atoms with Crippen molar-refractivity contribution in [2.45, 2.75) is 138 Å². The number of carbonyl (C=O) groups excluding carboxylic acids is 5. The Hall–Kier alpha value is -4.27. The van der Waals surface area contributed by atoms with Crippen LogP contribution in [-0.4, -0.2) is 120 Å². The lowest BCUT2D eigenvalue weighted by molar-refractivity contribution is -0.142. The minimum atomic E-state index is -1.20. The van der Waals surface area contributed by atoms with Crippen LogP contribution in [0.5, 0.6) is 0 Å². The molecule has 4 atom stereocenters. The molecule has 0 saturated carbocycles. The maximum Gasteiger partial charge on any atom is 0.325 e. The van der Waals surface area contributed by atoms with Crippen molar-refractivity contribution in [1.29, 1.82) is 0 Å². The second-order valence-electron chi connectivity index (χ2n) is 16.0. The zero-order chi connectivity index (χ0) is 42.1. The van der Waals surface area contributed by atoms with Gasteiger partial charge in [0.25, 0.3) is 11.8 Å². The molecule has 0 fully saturated rings. The first-order chi connectivity index (χ1) is 24.6.